The van der Waals surface area contributed by atoms with E-state index in [4.69, 9.17) is 11.6 Å². The van der Waals surface area contributed by atoms with E-state index in [0.717, 1.165) is 16.7 Å². The van der Waals surface area contributed by atoms with Crippen LogP contribution < -0.4 is 5.32 Å². The van der Waals surface area contributed by atoms with Gasteiger partial charge in [0, 0.05) is 18.0 Å². The molecule has 0 atom stereocenters. The molecule has 0 aliphatic carbocycles. The van der Waals surface area contributed by atoms with Crippen molar-refractivity contribution in [2.75, 3.05) is 0 Å². The van der Waals surface area contributed by atoms with Gasteiger partial charge in [-0.05, 0) is 47.9 Å². The molecule has 5 heteroatoms. The van der Waals surface area contributed by atoms with Crippen LogP contribution in [0.2, 0.25) is 5.02 Å². The monoisotopic (exact) mass is 319 g/mol. The van der Waals surface area contributed by atoms with Crippen LogP contribution in [0, 0.1) is 12.7 Å². The van der Waals surface area contributed by atoms with Crippen molar-refractivity contribution in [3.05, 3.63) is 70.0 Å². The Morgan fingerprint density at radius 2 is 1.82 bits per heavy atom. The highest BCUT2D eigenvalue weighted by molar-refractivity contribution is 6.36. The Morgan fingerprint density at radius 3 is 2.50 bits per heavy atom. The smallest absolute Gasteiger partial charge is 0.287 e. The average Bonchev–Trinajstić information content (AvgIpc) is 2.50. The number of benzene rings is 2. The third kappa shape index (κ3) is 4.40. The third-order valence-electron chi connectivity index (χ3n) is 3.28. The van der Waals surface area contributed by atoms with Crippen LogP contribution in [-0.2, 0) is 22.6 Å². The predicted molar refractivity (Wildman–Crippen MR) is 83.1 cm³/mol. The predicted octanol–water partition coefficient (Wildman–Crippen LogP) is 3.22. The summed E-state index contributed by atoms with van der Waals surface area (Å²) in [5.41, 5.74) is 2.36. The van der Waals surface area contributed by atoms with Gasteiger partial charge in [0.05, 0.1) is 0 Å². The molecule has 0 bridgehead atoms. The number of carbonyl (C=O) groups is 2. The summed E-state index contributed by atoms with van der Waals surface area (Å²) >= 11 is 5.89. The van der Waals surface area contributed by atoms with Gasteiger partial charge in [-0.15, -0.1) is 0 Å². The van der Waals surface area contributed by atoms with E-state index in [2.05, 4.69) is 5.32 Å². The zero-order valence-electron chi connectivity index (χ0n) is 12.0. The number of ketones is 1. The van der Waals surface area contributed by atoms with E-state index >= 15 is 0 Å². The molecule has 0 spiro atoms. The van der Waals surface area contributed by atoms with E-state index in [1.165, 1.54) is 12.1 Å². The topological polar surface area (TPSA) is 46.2 Å². The number of rotatable bonds is 5. The van der Waals surface area contributed by atoms with Gasteiger partial charge >= 0.3 is 0 Å². The number of halogens is 2. The normalized spacial score (nSPS) is 10.3. The molecule has 0 aromatic heterocycles. The molecule has 0 aliphatic heterocycles. The number of Topliss-reactive ketones (excluding diaryl/α,β-unsaturated/α-hetero) is 1. The molecule has 3 nitrogen and oxygen atoms in total. The highest BCUT2D eigenvalue weighted by Gasteiger charge is 2.15. The van der Waals surface area contributed by atoms with Crippen LogP contribution in [0.5, 0.6) is 0 Å². The Bertz CT molecular complexity index is 698. The number of nitrogens with one attached hydrogen (secondary N) is 1. The van der Waals surface area contributed by atoms with Crippen molar-refractivity contribution in [2.24, 2.45) is 0 Å². The first-order chi connectivity index (χ1) is 10.5. The zero-order valence-corrected chi connectivity index (χ0v) is 12.8. The first-order valence-corrected chi connectivity index (χ1v) is 7.14. The number of carbonyl (C=O) groups excluding carboxylic acids is 2. The molecule has 2 rings (SSSR count). The highest BCUT2D eigenvalue weighted by atomic mass is 35.5. The maximum Gasteiger partial charge on any atom is 0.287 e. The molecule has 0 saturated carbocycles. The summed E-state index contributed by atoms with van der Waals surface area (Å²) in [7, 11) is 0. The lowest BCUT2D eigenvalue weighted by Gasteiger charge is -2.07. The summed E-state index contributed by atoms with van der Waals surface area (Å²) in [6.07, 6.45) is 0.00163. The lowest BCUT2D eigenvalue weighted by atomic mass is 10.0. The molecular weight excluding hydrogens is 305 g/mol. The fraction of sp³-hybridized carbons (Fsp3) is 0.176. The van der Waals surface area contributed by atoms with Crippen molar-refractivity contribution in [1.29, 1.82) is 0 Å². The summed E-state index contributed by atoms with van der Waals surface area (Å²) in [5, 5.41) is 3.06. The summed E-state index contributed by atoms with van der Waals surface area (Å²) in [6.45, 7) is 2.04. The van der Waals surface area contributed by atoms with Gasteiger partial charge in [-0.3, -0.25) is 9.59 Å². The van der Waals surface area contributed by atoms with Crippen LogP contribution in [0.1, 0.15) is 16.7 Å². The summed E-state index contributed by atoms with van der Waals surface area (Å²) < 4.78 is 12.8. The van der Waals surface area contributed by atoms with Crippen molar-refractivity contribution in [1.82, 2.24) is 5.32 Å². The van der Waals surface area contributed by atoms with Gasteiger partial charge in [0.2, 0.25) is 5.78 Å². The van der Waals surface area contributed by atoms with E-state index in [9.17, 15) is 14.0 Å². The van der Waals surface area contributed by atoms with Gasteiger partial charge in [0.15, 0.2) is 0 Å². The molecule has 0 heterocycles. The number of hydrogen-bond acceptors (Lipinski definition) is 2. The second-order valence-electron chi connectivity index (χ2n) is 4.98. The van der Waals surface area contributed by atoms with Crippen LogP contribution in [0.4, 0.5) is 4.39 Å². The van der Waals surface area contributed by atoms with Crippen LogP contribution in [0.15, 0.2) is 42.5 Å². The van der Waals surface area contributed by atoms with Gasteiger partial charge in [0.25, 0.3) is 5.91 Å². The van der Waals surface area contributed by atoms with Crippen molar-refractivity contribution < 1.29 is 14.0 Å². The van der Waals surface area contributed by atoms with E-state index in [-0.39, 0.29) is 18.8 Å². The Hall–Kier alpha value is -2.20. The first kappa shape index (κ1) is 16.2. The average molecular weight is 320 g/mol. The molecular formula is C17H15ClFNO2. The fourth-order valence-electron chi connectivity index (χ4n) is 1.97. The molecule has 2 aromatic rings. The number of hydrogen-bond donors (Lipinski definition) is 1. The standard InChI is InChI=1S/C17H15ClFNO2/c1-11-2-5-14(18)8-13(11)9-16(21)17(22)20-10-12-3-6-15(19)7-4-12/h2-8H,9-10H2,1H3,(H,20,22). The quantitative estimate of drug-likeness (QED) is 0.860. The Morgan fingerprint density at radius 1 is 1.14 bits per heavy atom. The fourth-order valence-corrected chi connectivity index (χ4v) is 2.16. The summed E-state index contributed by atoms with van der Waals surface area (Å²) in [6, 6.07) is 10.9. The van der Waals surface area contributed by atoms with Gasteiger partial charge in [-0.2, -0.15) is 0 Å². The third-order valence-corrected chi connectivity index (χ3v) is 3.52. The Balaban J connectivity index is 1.93. The van der Waals surface area contributed by atoms with Crippen molar-refractivity contribution >= 4 is 23.3 Å². The van der Waals surface area contributed by atoms with Crippen LogP contribution >= 0.6 is 11.6 Å². The second-order valence-corrected chi connectivity index (χ2v) is 5.42. The Kier molecular flexibility index (Phi) is 5.28. The molecule has 0 saturated heterocycles. The molecule has 1 N–H and O–H groups in total. The van der Waals surface area contributed by atoms with E-state index in [1.54, 1.807) is 30.3 Å². The van der Waals surface area contributed by atoms with Crippen molar-refractivity contribution in [3.63, 3.8) is 0 Å². The molecule has 22 heavy (non-hydrogen) atoms. The lowest BCUT2D eigenvalue weighted by Crippen LogP contribution is -2.31. The van der Waals surface area contributed by atoms with Gasteiger partial charge in [-0.1, -0.05) is 29.8 Å². The molecule has 0 aliphatic rings. The molecule has 1 amide bonds. The SMILES string of the molecule is Cc1ccc(Cl)cc1CC(=O)C(=O)NCc1ccc(F)cc1. The minimum Gasteiger partial charge on any atom is -0.345 e. The van der Waals surface area contributed by atoms with Crippen molar-refractivity contribution in [3.8, 4) is 0 Å². The number of aryl methyl sites for hydroxylation is 1. The van der Waals surface area contributed by atoms with E-state index < -0.39 is 11.7 Å². The molecule has 2 aromatic carbocycles. The van der Waals surface area contributed by atoms with Crippen LogP contribution in [-0.4, -0.2) is 11.7 Å². The Labute approximate surface area is 133 Å². The van der Waals surface area contributed by atoms with Crippen LogP contribution in [0.25, 0.3) is 0 Å². The minimum absolute atomic E-state index is 0.00163. The van der Waals surface area contributed by atoms with Gasteiger partial charge in [0.1, 0.15) is 5.82 Å². The highest BCUT2D eigenvalue weighted by Crippen LogP contribution is 2.16. The minimum atomic E-state index is -0.663. The molecule has 0 unspecified atom stereocenters. The van der Waals surface area contributed by atoms with Crippen molar-refractivity contribution in [2.45, 2.75) is 19.9 Å². The molecule has 0 radical (unpaired) electrons. The van der Waals surface area contributed by atoms with Gasteiger partial charge in [-0.25, -0.2) is 4.39 Å². The maximum atomic E-state index is 12.8. The van der Waals surface area contributed by atoms with Crippen LogP contribution in [0.3, 0.4) is 0 Å². The largest absolute Gasteiger partial charge is 0.345 e. The van der Waals surface area contributed by atoms with Gasteiger partial charge < -0.3 is 5.32 Å². The van der Waals surface area contributed by atoms with E-state index in [0.29, 0.717) is 5.02 Å². The lowest BCUT2D eigenvalue weighted by molar-refractivity contribution is -0.137. The summed E-state index contributed by atoms with van der Waals surface area (Å²) in [4.78, 5) is 23.8. The second kappa shape index (κ2) is 7.18. The summed E-state index contributed by atoms with van der Waals surface area (Å²) in [5.74, 6) is -1.54. The maximum absolute atomic E-state index is 12.8. The zero-order chi connectivity index (χ0) is 16.1. The molecule has 0 fully saturated rings. The van der Waals surface area contributed by atoms with E-state index in [1.807, 2.05) is 6.92 Å². The number of amides is 1. The molecule has 114 valence electrons. The first-order valence-electron chi connectivity index (χ1n) is 6.76.